The molecule has 2 heteroatoms. The molecule has 1 aliphatic heterocycles. The van der Waals surface area contributed by atoms with Gasteiger partial charge in [-0.05, 0) is 45.3 Å². The molecule has 1 aliphatic rings. The van der Waals surface area contributed by atoms with Crippen LogP contribution < -0.4 is 5.32 Å². The van der Waals surface area contributed by atoms with E-state index in [1.165, 1.54) is 25.9 Å². The summed E-state index contributed by atoms with van der Waals surface area (Å²) in [6, 6.07) is 0.200. The van der Waals surface area contributed by atoms with Crippen LogP contribution in [0.4, 0.5) is 0 Å². The van der Waals surface area contributed by atoms with Crippen LogP contribution in [0.2, 0.25) is 0 Å². The number of likely N-dealkylation sites (tertiary alicyclic amines) is 1. The normalized spacial score (nSPS) is 24.1. The Labute approximate surface area is 88.1 Å². The van der Waals surface area contributed by atoms with Gasteiger partial charge in [-0.15, -0.1) is 6.42 Å². The van der Waals surface area contributed by atoms with Gasteiger partial charge in [-0.25, -0.2) is 0 Å². The van der Waals surface area contributed by atoms with E-state index in [1.54, 1.807) is 0 Å². The van der Waals surface area contributed by atoms with Gasteiger partial charge in [-0.2, -0.15) is 0 Å². The molecule has 0 bridgehead atoms. The SMILES string of the molecule is C#CC(C)NCC1(C)CCN(C)CC1. The molecule has 1 rings (SSSR count). The highest BCUT2D eigenvalue weighted by Gasteiger charge is 2.28. The Balaban J connectivity index is 2.32. The first-order chi connectivity index (χ1) is 6.56. The van der Waals surface area contributed by atoms with Crippen LogP contribution in [0.5, 0.6) is 0 Å². The van der Waals surface area contributed by atoms with E-state index >= 15 is 0 Å². The van der Waals surface area contributed by atoms with Crippen LogP contribution in [0.3, 0.4) is 0 Å². The zero-order chi connectivity index (χ0) is 10.6. The largest absolute Gasteiger partial charge is 0.306 e. The van der Waals surface area contributed by atoms with Crippen molar-refractivity contribution in [2.45, 2.75) is 32.7 Å². The second-order valence-corrected chi connectivity index (χ2v) is 4.88. The molecule has 1 heterocycles. The van der Waals surface area contributed by atoms with E-state index in [9.17, 15) is 0 Å². The molecule has 0 aliphatic carbocycles. The van der Waals surface area contributed by atoms with Gasteiger partial charge in [-0.1, -0.05) is 12.8 Å². The zero-order valence-electron chi connectivity index (χ0n) is 9.64. The van der Waals surface area contributed by atoms with Gasteiger partial charge in [0.15, 0.2) is 0 Å². The van der Waals surface area contributed by atoms with E-state index in [1.807, 2.05) is 6.92 Å². The smallest absolute Gasteiger partial charge is 0.0658 e. The third kappa shape index (κ3) is 3.32. The number of piperidine rings is 1. The molecule has 1 saturated heterocycles. The molecule has 1 unspecified atom stereocenters. The molecule has 14 heavy (non-hydrogen) atoms. The Bertz CT molecular complexity index is 209. The van der Waals surface area contributed by atoms with Crippen molar-refractivity contribution < 1.29 is 0 Å². The first-order valence-corrected chi connectivity index (χ1v) is 5.44. The Morgan fingerprint density at radius 2 is 2.07 bits per heavy atom. The molecule has 1 fully saturated rings. The minimum Gasteiger partial charge on any atom is -0.306 e. The summed E-state index contributed by atoms with van der Waals surface area (Å²) in [5.74, 6) is 2.71. The van der Waals surface area contributed by atoms with E-state index in [0.29, 0.717) is 5.41 Å². The highest BCUT2D eigenvalue weighted by atomic mass is 15.1. The van der Waals surface area contributed by atoms with Crippen LogP contribution in [-0.2, 0) is 0 Å². The number of terminal acetylenes is 1. The summed E-state index contributed by atoms with van der Waals surface area (Å²) in [5, 5.41) is 3.40. The van der Waals surface area contributed by atoms with Crippen LogP contribution >= 0.6 is 0 Å². The molecule has 0 saturated carbocycles. The van der Waals surface area contributed by atoms with Crippen LogP contribution in [0, 0.1) is 17.8 Å². The van der Waals surface area contributed by atoms with E-state index in [-0.39, 0.29) is 6.04 Å². The lowest BCUT2D eigenvalue weighted by Crippen LogP contribution is -2.43. The summed E-state index contributed by atoms with van der Waals surface area (Å²) in [6.45, 7) is 7.87. The highest BCUT2D eigenvalue weighted by Crippen LogP contribution is 2.29. The second kappa shape index (κ2) is 4.82. The zero-order valence-corrected chi connectivity index (χ0v) is 9.64. The third-order valence-electron chi connectivity index (χ3n) is 3.28. The molecule has 2 nitrogen and oxygen atoms in total. The van der Waals surface area contributed by atoms with Crippen molar-refractivity contribution in [3.63, 3.8) is 0 Å². The number of rotatable bonds is 3. The quantitative estimate of drug-likeness (QED) is 0.682. The molecule has 0 aromatic carbocycles. The van der Waals surface area contributed by atoms with E-state index < -0.39 is 0 Å². The Hall–Kier alpha value is -0.520. The van der Waals surface area contributed by atoms with Gasteiger partial charge in [-0.3, -0.25) is 0 Å². The van der Waals surface area contributed by atoms with Gasteiger partial charge in [0, 0.05) is 6.54 Å². The number of hydrogen-bond acceptors (Lipinski definition) is 2. The van der Waals surface area contributed by atoms with Crippen molar-refractivity contribution in [1.82, 2.24) is 10.2 Å². The fourth-order valence-electron chi connectivity index (χ4n) is 1.79. The molecule has 1 atom stereocenters. The standard InChI is InChI=1S/C12H22N2/c1-5-11(2)13-10-12(3)6-8-14(4)9-7-12/h1,11,13H,6-10H2,2-4H3. The number of nitrogens with zero attached hydrogens (tertiary/aromatic N) is 1. The molecule has 0 spiro atoms. The minimum absolute atomic E-state index is 0.200. The fraction of sp³-hybridized carbons (Fsp3) is 0.833. The number of nitrogens with one attached hydrogen (secondary N) is 1. The van der Waals surface area contributed by atoms with E-state index in [2.05, 4.69) is 30.1 Å². The molecule has 1 N–H and O–H groups in total. The molecule has 80 valence electrons. The summed E-state index contributed by atoms with van der Waals surface area (Å²) in [5.41, 5.74) is 0.442. The monoisotopic (exact) mass is 194 g/mol. The predicted molar refractivity (Wildman–Crippen MR) is 61.1 cm³/mol. The average molecular weight is 194 g/mol. The lowest BCUT2D eigenvalue weighted by atomic mass is 9.80. The Kier molecular flexibility index (Phi) is 3.97. The first-order valence-electron chi connectivity index (χ1n) is 5.44. The molecule has 0 aromatic heterocycles. The highest BCUT2D eigenvalue weighted by molar-refractivity contribution is 4.97. The van der Waals surface area contributed by atoms with Gasteiger partial charge >= 0.3 is 0 Å². The molecular formula is C12H22N2. The fourth-order valence-corrected chi connectivity index (χ4v) is 1.79. The summed E-state index contributed by atoms with van der Waals surface area (Å²) in [6.07, 6.45) is 7.88. The van der Waals surface area contributed by atoms with E-state index in [0.717, 1.165) is 6.54 Å². The lowest BCUT2D eigenvalue weighted by Gasteiger charge is -2.38. The van der Waals surface area contributed by atoms with Gasteiger partial charge in [0.1, 0.15) is 0 Å². The molecule has 0 aromatic rings. The van der Waals surface area contributed by atoms with Crippen LogP contribution in [-0.4, -0.2) is 37.6 Å². The van der Waals surface area contributed by atoms with Gasteiger partial charge in [0.05, 0.1) is 6.04 Å². The van der Waals surface area contributed by atoms with Gasteiger partial charge in [0.25, 0.3) is 0 Å². The third-order valence-corrected chi connectivity index (χ3v) is 3.28. The summed E-state index contributed by atoms with van der Waals surface area (Å²) < 4.78 is 0. The maximum atomic E-state index is 5.33. The predicted octanol–water partition coefficient (Wildman–Crippen LogP) is 1.33. The average Bonchev–Trinajstić information content (AvgIpc) is 2.20. The minimum atomic E-state index is 0.200. The maximum Gasteiger partial charge on any atom is 0.0658 e. The van der Waals surface area contributed by atoms with E-state index in [4.69, 9.17) is 6.42 Å². The molecule has 0 amide bonds. The Morgan fingerprint density at radius 1 is 1.50 bits per heavy atom. The van der Waals surface area contributed by atoms with Crippen molar-refractivity contribution >= 4 is 0 Å². The summed E-state index contributed by atoms with van der Waals surface area (Å²) in [4.78, 5) is 2.40. The lowest BCUT2D eigenvalue weighted by molar-refractivity contribution is 0.136. The Morgan fingerprint density at radius 3 is 2.57 bits per heavy atom. The van der Waals surface area contributed by atoms with Crippen molar-refractivity contribution in [3.05, 3.63) is 0 Å². The summed E-state index contributed by atoms with van der Waals surface area (Å²) in [7, 11) is 2.19. The van der Waals surface area contributed by atoms with Crippen molar-refractivity contribution in [1.29, 1.82) is 0 Å². The molecular weight excluding hydrogens is 172 g/mol. The number of hydrogen-bond donors (Lipinski definition) is 1. The topological polar surface area (TPSA) is 15.3 Å². The second-order valence-electron chi connectivity index (χ2n) is 4.88. The molecule has 0 radical (unpaired) electrons. The van der Waals surface area contributed by atoms with Gasteiger partial charge < -0.3 is 10.2 Å². The first kappa shape index (κ1) is 11.6. The van der Waals surface area contributed by atoms with Crippen LogP contribution in [0.25, 0.3) is 0 Å². The van der Waals surface area contributed by atoms with Crippen LogP contribution in [0.15, 0.2) is 0 Å². The maximum absolute atomic E-state index is 5.33. The summed E-state index contributed by atoms with van der Waals surface area (Å²) >= 11 is 0. The van der Waals surface area contributed by atoms with Crippen molar-refractivity contribution in [2.24, 2.45) is 5.41 Å². The van der Waals surface area contributed by atoms with Crippen LogP contribution in [0.1, 0.15) is 26.7 Å². The van der Waals surface area contributed by atoms with Gasteiger partial charge in [0.2, 0.25) is 0 Å². The van der Waals surface area contributed by atoms with Crippen molar-refractivity contribution in [3.8, 4) is 12.3 Å². The van der Waals surface area contributed by atoms with Crippen molar-refractivity contribution in [2.75, 3.05) is 26.7 Å².